The molecule has 0 aliphatic carbocycles. The third-order valence-electron chi connectivity index (χ3n) is 2.47. The second-order valence-electron chi connectivity index (χ2n) is 4.03. The molecule has 0 aliphatic heterocycles. The minimum absolute atomic E-state index is 0.151. The highest BCUT2D eigenvalue weighted by Gasteiger charge is 2.43. The van der Waals surface area contributed by atoms with Crippen LogP contribution in [0.2, 0.25) is 0 Å². The normalized spacial score (nSPS) is 13.9. The minimum atomic E-state index is -4.33. The third kappa shape index (κ3) is 3.71. The number of aromatic nitrogens is 2. The summed E-state index contributed by atoms with van der Waals surface area (Å²) in [6.45, 7) is 4.52. The Hall–Kier alpha value is -0.560. The molecule has 18 heavy (non-hydrogen) atoms. The molecule has 1 aromatic heterocycles. The second kappa shape index (κ2) is 6.56. The summed E-state index contributed by atoms with van der Waals surface area (Å²) in [5.74, 6) is 0. The van der Waals surface area contributed by atoms with Crippen molar-refractivity contribution in [2.24, 2.45) is 0 Å². The molecule has 1 atom stereocenters. The molecule has 1 heterocycles. The summed E-state index contributed by atoms with van der Waals surface area (Å²) in [7, 11) is 0. The molecule has 0 radical (unpaired) electrons. The number of halogens is 4. The van der Waals surface area contributed by atoms with Gasteiger partial charge in [-0.05, 0) is 35.3 Å². The smallest absolute Gasteiger partial charge is 0.301 e. The Kier molecular flexibility index (Phi) is 5.65. The fourth-order valence-electron chi connectivity index (χ4n) is 1.71. The van der Waals surface area contributed by atoms with E-state index in [1.165, 1.54) is 10.9 Å². The number of hydrogen-bond donors (Lipinski definition) is 1. The van der Waals surface area contributed by atoms with E-state index >= 15 is 0 Å². The Balaban J connectivity index is 3.07. The maximum absolute atomic E-state index is 13.1. The molecule has 1 unspecified atom stereocenters. The first-order valence-corrected chi connectivity index (χ1v) is 6.72. The van der Waals surface area contributed by atoms with Crippen LogP contribution in [0.4, 0.5) is 13.2 Å². The van der Waals surface area contributed by atoms with E-state index in [4.69, 9.17) is 0 Å². The van der Waals surface area contributed by atoms with Gasteiger partial charge in [0.25, 0.3) is 0 Å². The van der Waals surface area contributed by atoms with Gasteiger partial charge in [0.05, 0.1) is 16.4 Å². The van der Waals surface area contributed by atoms with E-state index < -0.39 is 12.2 Å². The largest absolute Gasteiger partial charge is 0.409 e. The van der Waals surface area contributed by atoms with Gasteiger partial charge in [0, 0.05) is 6.54 Å². The standard InChI is InChI=1S/C11H17BrF3N3/c1-3-5-16-10(11(13,14)15)9-8(12)7-17-18(9)6-4-2/h7,10,16H,3-6H2,1-2H3. The van der Waals surface area contributed by atoms with Gasteiger partial charge in [-0.3, -0.25) is 4.68 Å². The number of rotatable bonds is 6. The first-order valence-electron chi connectivity index (χ1n) is 5.93. The van der Waals surface area contributed by atoms with Crippen LogP contribution in [0.25, 0.3) is 0 Å². The van der Waals surface area contributed by atoms with E-state index in [-0.39, 0.29) is 5.69 Å². The van der Waals surface area contributed by atoms with Gasteiger partial charge in [-0.15, -0.1) is 0 Å². The van der Waals surface area contributed by atoms with Crippen molar-refractivity contribution < 1.29 is 13.2 Å². The maximum atomic E-state index is 13.1. The predicted octanol–water partition coefficient (Wildman–Crippen LogP) is 3.66. The van der Waals surface area contributed by atoms with Gasteiger partial charge >= 0.3 is 6.18 Å². The van der Waals surface area contributed by atoms with Crippen LogP contribution in [0, 0.1) is 0 Å². The lowest BCUT2D eigenvalue weighted by molar-refractivity contribution is -0.159. The lowest BCUT2D eigenvalue weighted by atomic mass is 10.2. The van der Waals surface area contributed by atoms with Gasteiger partial charge in [0.1, 0.15) is 6.04 Å². The molecule has 0 aliphatic rings. The number of aryl methyl sites for hydroxylation is 1. The number of alkyl halides is 3. The minimum Gasteiger partial charge on any atom is -0.301 e. The Morgan fingerprint density at radius 2 is 2.06 bits per heavy atom. The Labute approximate surface area is 113 Å². The molecule has 0 fully saturated rings. The number of hydrogen-bond acceptors (Lipinski definition) is 2. The van der Waals surface area contributed by atoms with Crippen LogP contribution in [0.1, 0.15) is 38.4 Å². The lowest BCUT2D eigenvalue weighted by Crippen LogP contribution is -2.36. The zero-order valence-corrected chi connectivity index (χ0v) is 12.0. The van der Waals surface area contributed by atoms with E-state index in [0.717, 1.165) is 6.42 Å². The van der Waals surface area contributed by atoms with Crippen molar-refractivity contribution in [2.75, 3.05) is 6.54 Å². The zero-order chi connectivity index (χ0) is 13.8. The van der Waals surface area contributed by atoms with Crippen molar-refractivity contribution in [2.45, 2.75) is 45.5 Å². The summed E-state index contributed by atoms with van der Waals surface area (Å²) in [6, 6.07) is -1.68. The first-order chi connectivity index (χ1) is 8.41. The SMILES string of the molecule is CCCNC(c1c(Br)cnn1CCC)C(F)(F)F. The van der Waals surface area contributed by atoms with Crippen LogP contribution in [-0.4, -0.2) is 22.5 Å². The van der Waals surface area contributed by atoms with Gasteiger partial charge in [-0.2, -0.15) is 18.3 Å². The van der Waals surface area contributed by atoms with Crippen molar-refractivity contribution in [3.63, 3.8) is 0 Å². The molecule has 0 spiro atoms. The van der Waals surface area contributed by atoms with E-state index in [0.29, 0.717) is 24.0 Å². The van der Waals surface area contributed by atoms with Gasteiger partial charge in [-0.1, -0.05) is 13.8 Å². The topological polar surface area (TPSA) is 29.9 Å². The maximum Gasteiger partial charge on any atom is 0.409 e. The lowest BCUT2D eigenvalue weighted by Gasteiger charge is -2.23. The first kappa shape index (κ1) is 15.5. The Bertz CT molecular complexity index is 376. The Morgan fingerprint density at radius 1 is 1.39 bits per heavy atom. The van der Waals surface area contributed by atoms with Crippen molar-refractivity contribution in [3.8, 4) is 0 Å². The second-order valence-corrected chi connectivity index (χ2v) is 4.88. The predicted molar refractivity (Wildman–Crippen MR) is 67.3 cm³/mol. The monoisotopic (exact) mass is 327 g/mol. The van der Waals surface area contributed by atoms with Crippen LogP contribution in [0.3, 0.4) is 0 Å². The Morgan fingerprint density at radius 3 is 2.56 bits per heavy atom. The third-order valence-corrected chi connectivity index (χ3v) is 3.08. The molecule has 1 aromatic rings. The van der Waals surface area contributed by atoms with Gasteiger partial charge in [-0.25, -0.2) is 0 Å². The van der Waals surface area contributed by atoms with Crippen LogP contribution in [0.5, 0.6) is 0 Å². The van der Waals surface area contributed by atoms with Crippen LogP contribution >= 0.6 is 15.9 Å². The average Bonchev–Trinajstić information content (AvgIpc) is 2.61. The highest BCUT2D eigenvalue weighted by Crippen LogP contribution is 2.36. The fraction of sp³-hybridized carbons (Fsp3) is 0.727. The van der Waals surface area contributed by atoms with E-state index in [2.05, 4.69) is 26.3 Å². The van der Waals surface area contributed by atoms with Crippen molar-refractivity contribution in [1.82, 2.24) is 15.1 Å². The summed E-state index contributed by atoms with van der Waals surface area (Å²) in [6.07, 6.45) is -1.54. The summed E-state index contributed by atoms with van der Waals surface area (Å²) < 4.78 is 41.0. The van der Waals surface area contributed by atoms with E-state index in [1.54, 1.807) is 0 Å². The quantitative estimate of drug-likeness (QED) is 0.864. The highest BCUT2D eigenvalue weighted by molar-refractivity contribution is 9.10. The summed E-state index contributed by atoms with van der Waals surface area (Å²) in [5, 5.41) is 6.51. The summed E-state index contributed by atoms with van der Waals surface area (Å²) in [4.78, 5) is 0. The average molecular weight is 328 g/mol. The molecule has 1 rings (SSSR count). The molecular formula is C11H17BrF3N3. The molecule has 0 bridgehead atoms. The van der Waals surface area contributed by atoms with Crippen molar-refractivity contribution >= 4 is 15.9 Å². The molecule has 3 nitrogen and oxygen atoms in total. The molecule has 7 heteroatoms. The van der Waals surface area contributed by atoms with Gasteiger partial charge in [0.15, 0.2) is 0 Å². The molecule has 0 saturated carbocycles. The zero-order valence-electron chi connectivity index (χ0n) is 10.4. The van der Waals surface area contributed by atoms with Gasteiger partial charge in [0.2, 0.25) is 0 Å². The van der Waals surface area contributed by atoms with Crippen molar-refractivity contribution in [1.29, 1.82) is 0 Å². The fourth-order valence-corrected chi connectivity index (χ4v) is 2.23. The van der Waals surface area contributed by atoms with E-state index in [9.17, 15) is 13.2 Å². The van der Waals surface area contributed by atoms with Crippen LogP contribution < -0.4 is 5.32 Å². The highest BCUT2D eigenvalue weighted by atomic mass is 79.9. The van der Waals surface area contributed by atoms with E-state index in [1.807, 2.05) is 13.8 Å². The molecule has 0 saturated heterocycles. The van der Waals surface area contributed by atoms with Crippen molar-refractivity contribution in [3.05, 3.63) is 16.4 Å². The molecule has 0 aromatic carbocycles. The summed E-state index contributed by atoms with van der Waals surface area (Å²) >= 11 is 3.15. The summed E-state index contributed by atoms with van der Waals surface area (Å²) in [5.41, 5.74) is 0.151. The van der Waals surface area contributed by atoms with Crippen LogP contribution in [-0.2, 0) is 6.54 Å². The molecule has 0 amide bonds. The molecule has 1 N–H and O–H groups in total. The van der Waals surface area contributed by atoms with Gasteiger partial charge < -0.3 is 5.32 Å². The number of nitrogens with one attached hydrogen (secondary N) is 1. The molecular weight excluding hydrogens is 311 g/mol. The van der Waals surface area contributed by atoms with Crippen LogP contribution in [0.15, 0.2) is 10.7 Å². The molecule has 104 valence electrons. The number of nitrogens with zero attached hydrogens (tertiary/aromatic N) is 2.